The number of nitrogens with zero attached hydrogens (tertiary/aromatic N) is 8. The van der Waals surface area contributed by atoms with Crippen molar-refractivity contribution in [3.05, 3.63) is 0 Å². The van der Waals surface area contributed by atoms with Gasteiger partial charge in [0.15, 0.2) is 0 Å². The topological polar surface area (TPSA) is 13.0 Å². The molecule has 0 rings (SSSR count). The number of hydrogen-bond donors (Lipinski definition) is 0. The summed E-state index contributed by atoms with van der Waals surface area (Å²) >= 11 is 0. The zero-order valence-electron chi connectivity index (χ0n) is 50.9. The molecule has 0 radical (unpaired) electrons. The van der Waals surface area contributed by atoms with Crippen LogP contribution in [-0.4, -0.2) is 199 Å². The van der Waals surface area contributed by atoms with Crippen LogP contribution < -0.4 is 0 Å². The summed E-state index contributed by atoms with van der Waals surface area (Å²) < 4.78 is 4.20. The van der Waals surface area contributed by atoms with E-state index in [1.54, 1.807) is 0 Å². The molecule has 0 amide bonds. The predicted octanol–water partition coefficient (Wildman–Crippen LogP) is 12.0. The summed E-state index contributed by atoms with van der Waals surface area (Å²) in [6.07, 6.45) is 0. The van der Waals surface area contributed by atoms with Crippen LogP contribution in [0.15, 0.2) is 0 Å². The van der Waals surface area contributed by atoms with Crippen molar-refractivity contribution < 1.29 is 17.9 Å². The molecule has 0 heterocycles. The van der Waals surface area contributed by atoms with Crippen molar-refractivity contribution in [1.29, 1.82) is 0 Å². The first kappa shape index (κ1) is 69.7. The smallest absolute Gasteiger partial charge is 0.207 e. The van der Waals surface area contributed by atoms with Crippen molar-refractivity contribution in [3.63, 3.8) is 0 Å². The average molecular weight is 878 g/mol. The lowest BCUT2D eigenvalue weighted by Gasteiger charge is -2.50. The van der Waals surface area contributed by atoms with Gasteiger partial charge in [0.05, 0.1) is 91.8 Å². The van der Waals surface area contributed by atoms with Gasteiger partial charge in [-0.25, -0.2) is 0 Å². The molecule has 0 atom stereocenters. The van der Waals surface area contributed by atoms with E-state index in [1.165, 1.54) is 0 Å². The summed E-state index contributed by atoms with van der Waals surface area (Å²) in [6.45, 7) is 66.7. The van der Waals surface area contributed by atoms with Crippen LogP contribution in [0.2, 0.25) is 0 Å². The van der Waals surface area contributed by atoms with Crippen molar-refractivity contribution in [3.8, 4) is 0 Å². The molecule has 61 heavy (non-hydrogen) atoms. The summed E-state index contributed by atoms with van der Waals surface area (Å²) in [5.41, 5.74) is 2.26. The highest BCUT2D eigenvalue weighted by Crippen LogP contribution is 2.27. The summed E-state index contributed by atoms with van der Waals surface area (Å²) in [6, 6.07) is 1.37. The van der Waals surface area contributed by atoms with Gasteiger partial charge in [0.2, 0.25) is 6.67 Å². The van der Waals surface area contributed by atoms with Crippen molar-refractivity contribution in [2.45, 2.75) is 250 Å². The van der Waals surface area contributed by atoms with Gasteiger partial charge in [0.25, 0.3) is 0 Å². The summed E-state index contributed by atoms with van der Waals surface area (Å²) in [5, 5.41) is 0. The minimum atomic E-state index is 0.250. The van der Waals surface area contributed by atoms with Crippen LogP contribution in [-0.2, 0) is 0 Å². The second-order valence-corrected chi connectivity index (χ2v) is 29.3. The van der Waals surface area contributed by atoms with E-state index < -0.39 is 0 Å². The van der Waals surface area contributed by atoms with Gasteiger partial charge < -0.3 is 8.97 Å². The maximum Gasteiger partial charge on any atom is 0.207 e. The van der Waals surface area contributed by atoms with Gasteiger partial charge >= 0.3 is 0 Å². The van der Waals surface area contributed by atoms with Crippen LogP contribution in [0.3, 0.4) is 0 Å². The van der Waals surface area contributed by atoms with E-state index in [9.17, 15) is 0 Å². The van der Waals surface area contributed by atoms with E-state index in [0.717, 1.165) is 37.9 Å². The SMILES string of the molecule is CC(C)(C)[N+](C)(C)C[N+](C)(C)C(C)(C)C.CC(C)[N+](C)(C)C(C)(C)C.CC(C)[N+](C)(C)CN(C)C(C)(C)C.CN(C(C)(C)C)C(C)(C)C.CN(CN(C)C(C)(C)C)C(C)(C)C. The molecule has 0 aromatic heterocycles. The molecule has 0 fully saturated rings. The normalized spacial score (nSPS) is 14.7. The molecule has 8 heteroatoms. The van der Waals surface area contributed by atoms with Gasteiger partial charge in [0, 0.05) is 27.7 Å². The molecule has 0 unspecified atom stereocenters. The van der Waals surface area contributed by atoms with Gasteiger partial charge in [-0.1, -0.05) is 0 Å². The highest BCUT2D eigenvalue weighted by atomic mass is 15.5. The monoisotopic (exact) mass is 877 g/mol. The summed E-state index contributed by atoms with van der Waals surface area (Å²) in [7, 11) is 27.1. The number of quaternary nitrogens is 4. The van der Waals surface area contributed by atoms with Crippen LogP contribution in [0, 0.1) is 0 Å². The molecule has 0 aliphatic rings. The second-order valence-electron chi connectivity index (χ2n) is 29.3. The molecule has 0 spiro atoms. The first-order chi connectivity index (χ1) is 25.7. The molecule has 0 saturated heterocycles. The Kier molecular flexibility index (Phi) is 27.3. The Labute approximate surface area is 391 Å². The van der Waals surface area contributed by atoms with Gasteiger partial charge in [0.1, 0.15) is 6.67 Å². The lowest BCUT2D eigenvalue weighted by Crippen LogP contribution is -2.67. The molecular weight excluding hydrogens is 749 g/mol. The average Bonchev–Trinajstić information content (AvgIpc) is 2.93. The van der Waals surface area contributed by atoms with Crippen LogP contribution in [0.5, 0.6) is 0 Å². The largest absolute Gasteiger partial charge is 0.322 e. The van der Waals surface area contributed by atoms with E-state index in [1.807, 2.05) is 0 Å². The van der Waals surface area contributed by atoms with E-state index in [-0.39, 0.29) is 27.7 Å². The van der Waals surface area contributed by atoms with Gasteiger partial charge in [-0.3, -0.25) is 28.6 Å². The lowest BCUT2D eigenvalue weighted by atomic mass is 9.98. The fraction of sp³-hybridized carbons (Fsp3) is 1.00. The molecule has 0 aliphatic carbocycles. The number of rotatable bonds is 8. The molecule has 0 aliphatic heterocycles. The second kappa shape index (κ2) is 23.9. The highest BCUT2D eigenvalue weighted by Gasteiger charge is 2.43. The molecule has 0 N–H and O–H groups in total. The van der Waals surface area contributed by atoms with Crippen LogP contribution in [0.1, 0.15) is 194 Å². The Hall–Kier alpha value is -0.320. The highest BCUT2D eigenvalue weighted by molar-refractivity contribution is 4.83. The van der Waals surface area contributed by atoms with Crippen LogP contribution in [0.4, 0.5) is 0 Å². The molecule has 8 nitrogen and oxygen atoms in total. The van der Waals surface area contributed by atoms with Crippen molar-refractivity contribution in [2.75, 3.05) is 105 Å². The number of hydrogen-bond acceptors (Lipinski definition) is 4. The Morgan fingerprint density at radius 1 is 0.344 bits per heavy atom. The van der Waals surface area contributed by atoms with E-state index >= 15 is 0 Å². The first-order valence-corrected chi connectivity index (χ1v) is 23.9. The van der Waals surface area contributed by atoms with Crippen molar-refractivity contribution >= 4 is 0 Å². The predicted molar refractivity (Wildman–Crippen MR) is 282 cm³/mol. The maximum atomic E-state index is 2.41. The van der Waals surface area contributed by atoms with Crippen molar-refractivity contribution in [2.24, 2.45) is 0 Å². The molecule has 0 saturated carbocycles. The molecular formula is C53H128N8+4. The summed E-state index contributed by atoms with van der Waals surface area (Å²) in [5.74, 6) is 0. The third-order valence-corrected chi connectivity index (χ3v) is 15.2. The third kappa shape index (κ3) is 28.4. The molecule has 0 aromatic rings. The fourth-order valence-corrected chi connectivity index (χ4v) is 4.75. The summed E-state index contributed by atoms with van der Waals surface area (Å²) in [4.78, 5) is 9.50. The third-order valence-electron chi connectivity index (χ3n) is 15.2. The molecule has 0 aromatic carbocycles. The Morgan fingerprint density at radius 2 is 0.590 bits per heavy atom. The Balaban J connectivity index is -0.000000216. The van der Waals surface area contributed by atoms with Gasteiger partial charge in [-0.15, -0.1) is 0 Å². The van der Waals surface area contributed by atoms with Crippen LogP contribution in [0.25, 0.3) is 0 Å². The zero-order chi connectivity index (χ0) is 51.6. The first-order valence-electron chi connectivity index (χ1n) is 23.9. The van der Waals surface area contributed by atoms with Crippen molar-refractivity contribution in [1.82, 2.24) is 19.6 Å². The van der Waals surface area contributed by atoms with Gasteiger partial charge in [-0.2, -0.15) is 0 Å². The Morgan fingerprint density at radius 3 is 0.705 bits per heavy atom. The van der Waals surface area contributed by atoms with E-state index in [2.05, 4.69) is 298 Å². The van der Waals surface area contributed by atoms with Crippen LogP contribution >= 0.6 is 0 Å². The van der Waals surface area contributed by atoms with E-state index in [4.69, 9.17) is 0 Å². The van der Waals surface area contributed by atoms with Gasteiger partial charge in [-0.05, 0) is 222 Å². The Bertz CT molecular complexity index is 1100. The lowest BCUT2D eigenvalue weighted by molar-refractivity contribution is -1.11. The maximum absolute atomic E-state index is 2.41. The fourth-order valence-electron chi connectivity index (χ4n) is 4.75. The molecule has 0 bridgehead atoms. The minimum Gasteiger partial charge on any atom is -0.322 e. The minimum absolute atomic E-state index is 0.250. The standard InChI is InChI=1S/C13H32N2.C11H27N2.C11H26N2.C9H22N.C9H21N/c1-12(2,3)14(7,8)11-15(9,10)13(4,5)6;1-10(2)13(7,8)9-12(6)11(3,4)5;1-10(2,3)12(7)9-13(8)11(4,5)6;1-8(2)10(6,7)9(3,4)5;1-8(2,3)10(7)9(4,5)6/h11H2,1-10H3;10H,9H2,1-8H3;9H2,1-8H3;8H,1-7H3;1-7H3/q+2;+1;;+1;. The quantitative estimate of drug-likeness (QED) is 0.178. The molecule has 376 valence electrons. The zero-order valence-corrected chi connectivity index (χ0v) is 50.9. The van der Waals surface area contributed by atoms with E-state index in [0.29, 0.717) is 28.7 Å².